The van der Waals surface area contributed by atoms with Gasteiger partial charge in [0.05, 0.1) is 10.7 Å². The van der Waals surface area contributed by atoms with Gasteiger partial charge in [0.2, 0.25) is 0 Å². The van der Waals surface area contributed by atoms with Crippen LogP contribution in [0.4, 0.5) is 0 Å². The Kier molecular flexibility index (Phi) is 3.69. The van der Waals surface area contributed by atoms with E-state index in [9.17, 15) is 0 Å². The van der Waals surface area contributed by atoms with E-state index in [1.54, 1.807) is 11.3 Å². The lowest BCUT2D eigenvalue weighted by molar-refractivity contribution is 0.732. The van der Waals surface area contributed by atoms with E-state index < -0.39 is 0 Å². The number of rotatable bonds is 4. The molecule has 0 atom stereocenters. The Morgan fingerprint density at radius 2 is 2.08 bits per heavy atom. The zero-order valence-corrected chi connectivity index (χ0v) is 8.58. The van der Waals surface area contributed by atoms with Crippen LogP contribution in [0.3, 0.4) is 0 Å². The van der Waals surface area contributed by atoms with Gasteiger partial charge in [0, 0.05) is 4.88 Å². The highest BCUT2D eigenvalue weighted by atomic mass is 32.1. The van der Waals surface area contributed by atoms with Gasteiger partial charge in [0.15, 0.2) is 0 Å². The number of nitrogens with two attached hydrogens (primary N) is 1. The Bertz CT molecular complexity index is 243. The summed E-state index contributed by atoms with van der Waals surface area (Å²) in [4.78, 5) is 5.83. The molecule has 1 rings (SSSR count). The molecule has 12 heavy (non-hydrogen) atoms. The zero-order chi connectivity index (χ0) is 8.97. The predicted molar refractivity (Wildman–Crippen MR) is 53.6 cm³/mol. The third-order valence-electron chi connectivity index (χ3n) is 1.87. The first-order valence-electron chi connectivity index (χ1n) is 4.37. The van der Waals surface area contributed by atoms with E-state index in [0.717, 1.165) is 19.4 Å². The molecule has 2 N–H and O–H groups in total. The maximum absolute atomic E-state index is 5.42. The fraction of sp³-hybridized carbons (Fsp3) is 0.667. The molecule has 0 aromatic carbocycles. The first-order chi connectivity index (χ1) is 5.74. The second-order valence-electron chi connectivity index (χ2n) is 2.98. The molecule has 0 fully saturated rings. The Labute approximate surface area is 77.8 Å². The van der Waals surface area contributed by atoms with Gasteiger partial charge in [-0.05, 0) is 39.7 Å². The van der Waals surface area contributed by atoms with Crippen molar-refractivity contribution in [1.29, 1.82) is 0 Å². The molecule has 0 aliphatic heterocycles. The van der Waals surface area contributed by atoms with Gasteiger partial charge in [-0.25, -0.2) is 4.98 Å². The number of unbranched alkanes of at least 4 members (excludes halogenated alkanes) is 1. The molecule has 0 spiro atoms. The second-order valence-corrected chi connectivity index (χ2v) is 4.39. The van der Waals surface area contributed by atoms with Crippen molar-refractivity contribution in [3.63, 3.8) is 0 Å². The molecule has 0 unspecified atom stereocenters. The third-order valence-corrected chi connectivity index (χ3v) is 2.80. The Hall–Kier alpha value is -0.410. The van der Waals surface area contributed by atoms with Crippen molar-refractivity contribution in [1.82, 2.24) is 4.98 Å². The van der Waals surface area contributed by atoms with E-state index in [2.05, 4.69) is 18.8 Å². The second kappa shape index (κ2) is 4.58. The van der Waals surface area contributed by atoms with E-state index in [-0.39, 0.29) is 0 Å². The van der Waals surface area contributed by atoms with Crippen LogP contribution in [0.2, 0.25) is 0 Å². The molecule has 68 valence electrons. The van der Waals surface area contributed by atoms with Crippen LogP contribution < -0.4 is 5.73 Å². The predicted octanol–water partition coefficient (Wildman–Crippen LogP) is 2.04. The van der Waals surface area contributed by atoms with Crippen molar-refractivity contribution in [3.05, 3.63) is 15.6 Å². The van der Waals surface area contributed by atoms with E-state index in [1.807, 2.05) is 0 Å². The van der Waals surface area contributed by atoms with Crippen molar-refractivity contribution in [2.24, 2.45) is 5.73 Å². The smallest absolute Gasteiger partial charge is 0.0900 e. The fourth-order valence-electron chi connectivity index (χ4n) is 1.24. The number of nitrogens with zero attached hydrogens (tertiary/aromatic N) is 1. The Balaban J connectivity index is 2.45. The van der Waals surface area contributed by atoms with Gasteiger partial charge in [0.25, 0.3) is 0 Å². The lowest BCUT2D eigenvalue weighted by Gasteiger charge is -1.96. The third kappa shape index (κ3) is 2.57. The highest BCUT2D eigenvalue weighted by Crippen LogP contribution is 2.17. The van der Waals surface area contributed by atoms with Crippen LogP contribution in [-0.2, 0) is 6.42 Å². The lowest BCUT2D eigenvalue weighted by atomic mass is 10.2. The first-order valence-corrected chi connectivity index (χ1v) is 5.18. The van der Waals surface area contributed by atoms with Crippen molar-refractivity contribution >= 4 is 11.3 Å². The van der Waals surface area contributed by atoms with Crippen LogP contribution in [0, 0.1) is 13.8 Å². The van der Waals surface area contributed by atoms with Gasteiger partial charge < -0.3 is 5.73 Å². The minimum absolute atomic E-state index is 0.794. The van der Waals surface area contributed by atoms with Crippen molar-refractivity contribution in [2.75, 3.05) is 6.54 Å². The highest BCUT2D eigenvalue weighted by molar-refractivity contribution is 7.11. The minimum atomic E-state index is 0.794. The fourth-order valence-corrected chi connectivity index (χ4v) is 2.11. The summed E-state index contributed by atoms with van der Waals surface area (Å²) in [6.45, 7) is 4.99. The quantitative estimate of drug-likeness (QED) is 0.727. The molecule has 2 nitrogen and oxygen atoms in total. The number of hydrogen-bond acceptors (Lipinski definition) is 3. The first kappa shape index (κ1) is 9.68. The van der Waals surface area contributed by atoms with Crippen LogP contribution >= 0.6 is 11.3 Å². The van der Waals surface area contributed by atoms with Gasteiger partial charge in [0.1, 0.15) is 0 Å². The van der Waals surface area contributed by atoms with E-state index in [1.165, 1.54) is 22.0 Å². The molecule has 1 heterocycles. The highest BCUT2D eigenvalue weighted by Gasteiger charge is 2.03. The average Bonchev–Trinajstić information content (AvgIpc) is 2.31. The molecule has 1 aromatic heterocycles. The number of aromatic nitrogens is 1. The number of hydrogen-bond donors (Lipinski definition) is 1. The van der Waals surface area contributed by atoms with Gasteiger partial charge in [-0.15, -0.1) is 11.3 Å². The summed E-state index contributed by atoms with van der Waals surface area (Å²) in [7, 11) is 0. The van der Waals surface area contributed by atoms with Crippen LogP contribution in [0.25, 0.3) is 0 Å². The molecule has 0 saturated carbocycles. The molecule has 0 radical (unpaired) electrons. The van der Waals surface area contributed by atoms with Crippen LogP contribution in [0.15, 0.2) is 0 Å². The van der Waals surface area contributed by atoms with Gasteiger partial charge in [-0.1, -0.05) is 0 Å². The lowest BCUT2D eigenvalue weighted by Crippen LogP contribution is -1.99. The molecule has 0 aliphatic carbocycles. The largest absolute Gasteiger partial charge is 0.330 e. The van der Waals surface area contributed by atoms with Crippen LogP contribution in [0.5, 0.6) is 0 Å². The molecule has 0 bridgehead atoms. The van der Waals surface area contributed by atoms with E-state index >= 15 is 0 Å². The zero-order valence-electron chi connectivity index (χ0n) is 7.76. The standard InChI is InChI=1S/C9H16N2S/c1-7-9(5-3-4-6-10)11-8(2)12-7/h3-6,10H2,1-2H3. The molecular formula is C9H16N2S. The molecule has 1 aromatic rings. The summed E-state index contributed by atoms with van der Waals surface area (Å²) in [5.74, 6) is 0. The molecule has 0 amide bonds. The SMILES string of the molecule is Cc1nc(CCCCN)c(C)s1. The maximum atomic E-state index is 5.42. The summed E-state index contributed by atoms with van der Waals surface area (Å²) in [5.41, 5.74) is 6.69. The molecular weight excluding hydrogens is 168 g/mol. The van der Waals surface area contributed by atoms with Gasteiger partial charge in [-0.3, -0.25) is 0 Å². The minimum Gasteiger partial charge on any atom is -0.330 e. The van der Waals surface area contributed by atoms with Crippen LogP contribution in [0.1, 0.15) is 28.4 Å². The topological polar surface area (TPSA) is 38.9 Å². The van der Waals surface area contributed by atoms with Gasteiger partial charge in [-0.2, -0.15) is 0 Å². The average molecular weight is 184 g/mol. The molecule has 0 aliphatic rings. The summed E-state index contributed by atoms with van der Waals surface area (Å²) in [6.07, 6.45) is 3.36. The normalized spacial score (nSPS) is 10.6. The summed E-state index contributed by atoms with van der Waals surface area (Å²) in [6, 6.07) is 0. The molecule has 3 heteroatoms. The Morgan fingerprint density at radius 3 is 2.58 bits per heavy atom. The number of thiazole rings is 1. The van der Waals surface area contributed by atoms with Crippen molar-refractivity contribution in [2.45, 2.75) is 33.1 Å². The van der Waals surface area contributed by atoms with Crippen LogP contribution in [-0.4, -0.2) is 11.5 Å². The number of aryl methyl sites for hydroxylation is 3. The maximum Gasteiger partial charge on any atom is 0.0900 e. The van der Waals surface area contributed by atoms with Crippen molar-refractivity contribution in [3.8, 4) is 0 Å². The summed E-state index contributed by atoms with van der Waals surface area (Å²) < 4.78 is 0. The van der Waals surface area contributed by atoms with Crippen molar-refractivity contribution < 1.29 is 0 Å². The van der Waals surface area contributed by atoms with Gasteiger partial charge >= 0.3 is 0 Å². The Morgan fingerprint density at radius 1 is 1.33 bits per heavy atom. The van der Waals surface area contributed by atoms with E-state index in [4.69, 9.17) is 5.73 Å². The molecule has 0 saturated heterocycles. The van der Waals surface area contributed by atoms with E-state index in [0.29, 0.717) is 0 Å². The summed E-state index contributed by atoms with van der Waals surface area (Å²) >= 11 is 1.78. The summed E-state index contributed by atoms with van der Waals surface area (Å²) in [5, 5.41) is 1.18. The monoisotopic (exact) mass is 184 g/mol.